The molecule has 13 heavy (non-hydrogen) atoms. The van der Waals surface area contributed by atoms with Crippen LogP contribution in [0.15, 0.2) is 24.3 Å². The highest BCUT2D eigenvalue weighted by molar-refractivity contribution is 8.04. The van der Waals surface area contributed by atoms with Crippen LogP contribution in [0.25, 0.3) is 0 Å². The molecule has 0 saturated carbocycles. The summed E-state index contributed by atoms with van der Waals surface area (Å²) in [6.07, 6.45) is 0.918. The van der Waals surface area contributed by atoms with Crippen LogP contribution in [0.1, 0.15) is 16.4 Å². The molecule has 68 valence electrons. The summed E-state index contributed by atoms with van der Waals surface area (Å²) in [5.41, 5.74) is 2.49. The Balaban J connectivity index is 2.80. The van der Waals surface area contributed by atoms with Crippen molar-refractivity contribution in [3.8, 4) is 5.40 Å². The van der Waals surface area contributed by atoms with Crippen molar-refractivity contribution in [2.45, 2.75) is 12.2 Å². The van der Waals surface area contributed by atoms with Gasteiger partial charge in [0.15, 0.2) is 0 Å². The van der Waals surface area contributed by atoms with E-state index in [9.17, 15) is 0 Å². The van der Waals surface area contributed by atoms with E-state index in [1.165, 1.54) is 22.9 Å². The molecule has 1 aromatic carbocycles. The Bertz CT molecular complexity index is 302. The molecule has 2 unspecified atom stereocenters. The second-order valence-electron chi connectivity index (χ2n) is 2.84. The fourth-order valence-electron chi connectivity index (χ4n) is 1.10. The molecular weight excluding hydrogens is 197 g/mol. The van der Waals surface area contributed by atoms with Gasteiger partial charge in [-0.25, -0.2) is 0 Å². The summed E-state index contributed by atoms with van der Waals surface area (Å²) < 4.78 is 0. The zero-order valence-corrected chi connectivity index (χ0v) is 9.50. The molecule has 0 amide bonds. The minimum Gasteiger partial charge on any atom is -0.185 e. The fraction of sp³-hybridized carbons (Fsp3) is 0.300. The van der Waals surface area contributed by atoms with Gasteiger partial charge in [0.2, 0.25) is 0 Å². The van der Waals surface area contributed by atoms with Crippen molar-refractivity contribution in [2.75, 3.05) is 6.16 Å². The van der Waals surface area contributed by atoms with Gasteiger partial charge in [0.25, 0.3) is 0 Å². The van der Waals surface area contributed by atoms with E-state index >= 15 is 0 Å². The van der Waals surface area contributed by atoms with E-state index in [1.807, 2.05) is 0 Å². The number of hydrogen-bond acceptors (Lipinski definition) is 2. The second kappa shape index (κ2) is 5.27. The minimum absolute atomic E-state index is 0.288. The van der Waals surface area contributed by atoms with Crippen LogP contribution in [0.5, 0.6) is 0 Å². The highest BCUT2D eigenvalue weighted by atomic mass is 32.2. The molecule has 0 aliphatic rings. The van der Waals surface area contributed by atoms with Crippen molar-refractivity contribution in [3.05, 3.63) is 35.4 Å². The largest absolute Gasteiger partial charge is 0.185 e. The Morgan fingerprint density at radius 2 is 2.08 bits per heavy atom. The Morgan fingerprint density at radius 3 is 2.54 bits per heavy atom. The Morgan fingerprint density at radius 1 is 1.46 bits per heavy atom. The molecule has 1 rings (SSSR count). The molecule has 1 nitrogen and oxygen atoms in total. The first-order valence-electron chi connectivity index (χ1n) is 4.09. The average Bonchev–Trinajstić information content (AvgIpc) is 2.16. The summed E-state index contributed by atoms with van der Waals surface area (Å²) in [4.78, 5) is 0. The van der Waals surface area contributed by atoms with Crippen LogP contribution in [0.3, 0.4) is 0 Å². The van der Waals surface area contributed by atoms with Crippen LogP contribution in [0.2, 0.25) is 0 Å². The predicted octanol–water partition coefficient (Wildman–Crippen LogP) is 3.13. The predicted molar refractivity (Wildman–Crippen MR) is 61.7 cm³/mol. The summed E-state index contributed by atoms with van der Waals surface area (Å²) >= 11 is 1.32. The Hall–Kier alpha value is -0.510. The number of thioether (sulfide) groups is 1. The Labute approximate surface area is 85.7 Å². The molecule has 2 atom stereocenters. The summed E-state index contributed by atoms with van der Waals surface area (Å²) in [5, 5.41) is 11.0. The molecule has 0 saturated heterocycles. The van der Waals surface area contributed by atoms with E-state index in [-0.39, 0.29) is 5.25 Å². The normalized spacial score (nSPS) is 12.1. The zero-order chi connectivity index (χ0) is 9.68. The standard InChI is InChI=1S/C10H12NPS/c1-8-2-4-9(5-3-8)10(6-12)13-7-11/h2-5,10H,6,12H2,1H3. The maximum absolute atomic E-state index is 8.59. The molecule has 0 fully saturated rings. The topological polar surface area (TPSA) is 23.8 Å². The van der Waals surface area contributed by atoms with Gasteiger partial charge in [0.1, 0.15) is 5.40 Å². The third-order valence-corrected chi connectivity index (χ3v) is 3.53. The monoisotopic (exact) mass is 209 g/mol. The lowest BCUT2D eigenvalue weighted by atomic mass is 10.1. The van der Waals surface area contributed by atoms with Crippen molar-refractivity contribution in [2.24, 2.45) is 0 Å². The van der Waals surface area contributed by atoms with E-state index in [2.05, 4.69) is 45.8 Å². The van der Waals surface area contributed by atoms with Gasteiger partial charge in [-0.05, 0) is 30.4 Å². The third-order valence-electron chi connectivity index (χ3n) is 1.86. The molecular formula is C10H12NPS. The lowest BCUT2D eigenvalue weighted by Crippen LogP contribution is -1.93. The number of rotatable bonds is 3. The van der Waals surface area contributed by atoms with Gasteiger partial charge < -0.3 is 0 Å². The molecule has 0 heterocycles. The van der Waals surface area contributed by atoms with Gasteiger partial charge in [-0.1, -0.05) is 29.8 Å². The van der Waals surface area contributed by atoms with Gasteiger partial charge in [-0.3, -0.25) is 0 Å². The van der Waals surface area contributed by atoms with E-state index in [0.29, 0.717) is 0 Å². The molecule has 0 spiro atoms. The average molecular weight is 209 g/mol. The van der Waals surface area contributed by atoms with E-state index < -0.39 is 0 Å². The number of nitriles is 1. The van der Waals surface area contributed by atoms with Gasteiger partial charge in [0.05, 0.1) is 0 Å². The van der Waals surface area contributed by atoms with E-state index in [4.69, 9.17) is 5.26 Å². The van der Waals surface area contributed by atoms with E-state index in [1.54, 1.807) is 0 Å². The SMILES string of the molecule is Cc1ccc(C(CP)SC#N)cc1. The quantitative estimate of drug-likeness (QED) is 0.564. The van der Waals surface area contributed by atoms with Crippen molar-refractivity contribution >= 4 is 21.0 Å². The maximum Gasteiger partial charge on any atom is 0.133 e. The fourth-order valence-corrected chi connectivity index (χ4v) is 2.17. The van der Waals surface area contributed by atoms with Crippen molar-refractivity contribution in [1.82, 2.24) is 0 Å². The van der Waals surface area contributed by atoms with Crippen LogP contribution in [0.4, 0.5) is 0 Å². The number of aryl methyl sites for hydroxylation is 1. The molecule has 0 radical (unpaired) electrons. The highest BCUT2D eigenvalue weighted by Crippen LogP contribution is 2.29. The summed E-state index contributed by atoms with van der Waals surface area (Å²) in [6, 6.07) is 8.35. The Kier molecular flexibility index (Phi) is 4.28. The van der Waals surface area contributed by atoms with Gasteiger partial charge in [-0.15, -0.1) is 9.24 Å². The first-order chi connectivity index (χ1) is 6.27. The third kappa shape index (κ3) is 3.03. The first-order valence-corrected chi connectivity index (χ1v) is 5.79. The van der Waals surface area contributed by atoms with Crippen LogP contribution in [-0.4, -0.2) is 6.16 Å². The summed E-state index contributed by atoms with van der Waals surface area (Å²) in [6.45, 7) is 2.07. The van der Waals surface area contributed by atoms with Gasteiger partial charge >= 0.3 is 0 Å². The number of thiocyanates is 1. The zero-order valence-electron chi connectivity index (χ0n) is 7.53. The van der Waals surface area contributed by atoms with Gasteiger partial charge in [-0.2, -0.15) is 5.26 Å². The number of hydrogen-bond donors (Lipinski definition) is 0. The second-order valence-corrected chi connectivity index (χ2v) is 4.30. The summed E-state index contributed by atoms with van der Waals surface area (Å²) in [5.74, 6) is 0. The van der Waals surface area contributed by atoms with Crippen LogP contribution in [0, 0.1) is 17.6 Å². The van der Waals surface area contributed by atoms with Crippen molar-refractivity contribution in [1.29, 1.82) is 5.26 Å². The molecule has 0 aromatic heterocycles. The smallest absolute Gasteiger partial charge is 0.133 e. The van der Waals surface area contributed by atoms with Crippen LogP contribution in [-0.2, 0) is 0 Å². The molecule has 0 N–H and O–H groups in total. The molecule has 3 heteroatoms. The van der Waals surface area contributed by atoms with Crippen molar-refractivity contribution in [3.63, 3.8) is 0 Å². The summed E-state index contributed by atoms with van der Waals surface area (Å²) in [7, 11) is 2.68. The van der Waals surface area contributed by atoms with Crippen LogP contribution >= 0.6 is 21.0 Å². The van der Waals surface area contributed by atoms with Crippen LogP contribution < -0.4 is 0 Å². The van der Waals surface area contributed by atoms with Gasteiger partial charge in [0, 0.05) is 5.25 Å². The molecule has 1 aromatic rings. The first kappa shape index (κ1) is 10.6. The minimum atomic E-state index is 0.288. The van der Waals surface area contributed by atoms with Crippen molar-refractivity contribution < 1.29 is 0 Å². The van der Waals surface area contributed by atoms with E-state index in [0.717, 1.165) is 6.16 Å². The molecule has 0 aliphatic carbocycles. The number of benzene rings is 1. The maximum atomic E-state index is 8.59. The lowest BCUT2D eigenvalue weighted by Gasteiger charge is -2.09. The molecule has 0 bridgehead atoms. The highest BCUT2D eigenvalue weighted by Gasteiger charge is 2.08. The molecule has 0 aliphatic heterocycles. The number of nitrogens with zero attached hydrogens (tertiary/aromatic N) is 1. The lowest BCUT2D eigenvalue weighted by molar-refractivity contribution is 1.12.